The molecule has 0 radical (unpaired) electrons. The first-order valence-corrected chi connectivity index (χ1v) is 16.7. The molecule has 1 heterocycles. The third-order valence-electron chi connectivity index (χ3n) is 9.63. The first-order valence-electron chi connectivity index (χ1n) is 16.7. The summed E-state index contributed by atoms with van der Waals surface area (Å²) in [6, 6.07) is 2.94. The van der Waals surface area contributed by atoms with E-state index in [1.165, 1.54) is 56.6 Å². The zero-order chi connectivity index (χ0) is 38.6. The third-order valence-corrected chi connectivity index (χ3v) is 9.63. The van der Waals surface area contributed by atoms with Crippen molar-refractivity contribution >= 4 is 29.7 Å². The zero-order valence-corrected chi connectivity index (χ0v) is 30.5. The fraction of sp³-hybridized carbons (Fsp3) is 0.526. The van der Waals surface area contributed by atoms with Gasteiger partial charge in [0.05, 0.1) is 17.6 Å². The second-order valence-corrected chi connectivity index (χ2v) is 14.1. The summed E-state index contributed by atoms with van der Waals surface area (Å²) in [7, 11) is 0. The molecule has 278 valence electrons. The normalized spacial score (nSPS) is 32.9. The maximum absolute atomic E-state index is 14.3. The molecule has 1 aromatic heterocycles. The quantitative estimate of drug-likeness (QED) is 0.161. The maximum atomic E-state index is 14.3. The summed E-state index contributed by atoms with van der Waals surface area (Å²) < 4.78 is 23.5. The minimum Gasteiger partial charge on any atom is -0.458 e. The molecule has 3 N–H and O–H groups in total. The van der Waals surface area contributed by atoms with Crippen LogP contribution in [0.4, 0.5) is 0 Å². The topological polar surface area (TPSA) is 196 Å². The number of fused-ring (bicyclic) bond motifs is 1. The van der Waals surface area contributed by atoms with Gasteiger partial charge < -0.3 is 34.3 Å². The van der Waals surface area contributed by atoms with Gasteiger partial charge in [-0.3, -0.25) is 14.6 Å². The number of aliphatic hydroxyl groups excluding tert-OH is 1. The predicted octanol–water partition coefficient (Wildman–Crippen LogP) is 3.52. The van der Waals surface area contributed by atoms with E-state index in [0.717, 1.165) is 19.9 Å². The van der Waals surface area contributed by atoms with Gasteiger partial charge in [-0.05, 0) is 70.7 Å². The molecule has 2 aliphatic rings. The van der Waals surface area contributed by atoms with Crippen LogP contribution in [0.2, 0.25) is 0 Å². The third kappa shape index (κ3) is 8.71. The number of ketones is 1. The lowest BCUT2D eigenvalue weighted by Crippen LogP contribution is -2.60. The van der Waals surface area contributed by atoms with Crippen LogP contribution >= 0.6 is 0 Å². The van der Waals surface area contributed by atoms with Crippen molar-refractivity contribution in [3.8, 4) is 0 Å². The van der Waals surface area contributed by atoms with E-state index in [2.05, 4.69) is 11.6 Å². The van der Waals surface area contributed by atoms with Crippen LogP contribution in [-0.2, 0) is 38.1 Å². The number of rotatable bonds is 7. The molecular weight excluding hydrogens is 662 g/mol. The molecule has 0 aromatic carbocycles. The summed E-state index contributed by atoms with van der Waals surface area (Å²) >= 11 is 0. The van der Waals surface area contributed by atoms with Crippen LogP contribution in [0.15, 0.2) is 72.1 Å². The highest BCUT2D eigenvalue weighted by Crippen LogP contribution is 2.49. The van der Waals surface area contributed by atoms with Crippen LogP contribution in [-0.4, -0.2) is 91.7 Å². The molecule has 1 saturated carbocycles. The number of hydrogen-bond acceptors (Lipinski definition) is 13. The molecule has 1 fully saturated rings. The van der Waals surface area contributed by atoms with Gasteiger partial charge in [-0.25, -0.2) is 14.4 Å². The highest BCUT2D eigenvalue weighted by molar-refractivity contribution is 5.97. The zero-order valence-electron chi connectivity index (χ0n) is 30.5. The minimum absolute atomic E-state index is 0.0235. The van der Waals surface area contributed by atoms with Crippen molar-refractivity contribution in [2.75, 3.05) is 0 Å². The Labute approximate surface area is 298 Å². The number of aromatic nitrogens is 1. The van der Waals surface area contributed by atoms with E-state index in [1.54, 1.807) is 34.6 Å². The van der Waals surface area contributed by atoms with E-state index in [9.17, 15) is 39.3 Å². The van der Waals surface area contributed by atoms with Crippen molar-refractivity contribution in [3.63, 3.8) is 0 Å². The van der Waals surface area contributed by atoms with E-state index in [0.29, 0.717) is 0 Å². The summed E-state index contributed by atoms with van der Waals surface area (Å²) in [5, 5.41) is 36.1. The van der Waals surface area contributed by atoms with Gasteiger partial charge in [-0.15, -0.1) is 0 Å². The average Bonchev–Trinajstić information content (AvgIpc) is 3.34. The van der Waals surface area contributed by atoms with Crippen molar-refractivity contribution in [2.24, 2.45) is 17.3 Å². The number of carbonyl (C=O) groups excluding carboxylic acids is 5. The Morgan fingerprint density at radius 1 is 0.922 bits per heavy atom. The molecule has 13 nitrogen and oxygen atoms in total. The van der Waals surface area contributed by atoms with Crippen LogP contribution in [0.1, 0.15) is 79.1 Å². The first-order chi connectivity index (χ1) is 23.6. The summed E-state index contributed by atoms with van der Waals surface area (Å²) in [5.74, 6) is -7.03. The van der Waals surface area contributed by atoms with Gasteiger partial charge in [0.2, 0.25) is 0 Å². The number of pyridine rings is 1. The van der Waals surface area contributed by atoms with Crippen molar-refractivity contribution in [3.05, 3.63) is 77.7 Å². The van der Waals surface area contributed by atoms with Gasteiger partial charge in [0, 0.05) is 35.9 Å². The molecule has 0 amide bonds. The fourth-order valence-corrected chi connectivity index (χ4v) is 6.43. The first kappa shape index (κ1) is 41.0. The largest absolute Gasteiger partial charge is 0.458 e. The number of esters is 4. The van der Waals surface area contributed by atoms with Crippen molar-refractivity contribution in [1.82, 2.24) is 4.98 Å². The summed E-state index contributed by atoms with van der Waals surface area (Å²) in [4.78, 5) is 71.0. The molecule has 2 aliphatic carbocycles. The SMILES string of the molecule is C=C1[C@H](O)[C@H]2[C@@H](OC(=O)C(C)=CC)[C@@H](C)C[C@]2(O)C(=O)[C@](C)(O)C=CC(C)(C)[C@H](OC(=O)c2cccnc2)[C@H](OC(C)=O)[C@H]1OC(=O)C(C)=CC. The van der Waals surface area contributed by atoms with Crippen LogP contribution in [0.3, 0.4) is 0 Å². The highest BCUT2D eigenvalue weighted by Gasteiger charge is 2.64. The molecule has 9 atom stereocenters. The summed E-state index contributed by atoms with van der Waals surface area (Å²) in [6.45, 7) is 17.1. The maximum Gasteiger partial charge on any atom is 0.340 e. The molecule has 3 rings (SSSR count). The van der Waals surface area contributed by atoms with Crippen LogP contribution in [0.25, 0.3) is 0 Å². The molecule has 0 aliphatic heterocycles. The average molecular weight is 712 g/mol. The minimum atomic E-state index is -2.52. The Balaban J connectivity index is 2.39. The second kappa shape index (κ2) is 15.8. The number of allylic oxidation sites excluding steroid dienone is 2. The molecule has 1 aromatic rings. The van der Waals surface area contributed by atoms with E-state index in [1.807, 2.05) is 0 Å². The van der Waals surface area contributed by atoms with Gasteiger partial charge in [-0.2, -0.15) is 0 Å². The van der Waals surface area contributed by atoms with Crippen LogP contribution in [0, 0.1) is 17.3 Å². The smallest absolute Gasteiger partial charge is 0.340 e. The molecule has 13 heteroatoms. The van der Waals surface area contributed by atoms with Crippen LogP contribution in [0.5, 0.6) is 0 Å². The predicted molar refractivity (Wildman–Crippen MR) is 184 cm³/mol. The van der Waals surface area contributed by atoms with Crippen LogP contribution < -0.4 is 0 Å². The Hall–Kier alpha value is -4.46. The van der Waals surface area contributed by atoms with Crippen molar-refractivity contribution in [1.29, 1.82) is 0 Å². The van der Waals surface area contributed by atoms with Gasteiger partial charge in [0.25, 0.3) is 0 Å². The highest BCUT2D eigenvalue weighted by atomic mass is 16.6. The van der Waals surface area contributed by atoms with E-state index in [-0.39, 0.29) is 28.7 Å². The van der Waals surface area contributed by atoms with Gasteiger partial charge >= 0.3 is 23.9 Å². The number of carbonyl (C=O) groups is 5. The Morgan fingerprint density at radius 3 is 2.04 bits per heavy atom. The van der Waals surface area contributed by atoms with E-state index < -0.39 is 88.6 Å². The Morgan fingerprint density at radius 2 is 1.51 bits per heavy atom. The second-order valence-electron chi connectivity index (χ2n) is 14.1. The monoisotopic (exact) mass is 711 g/mol. The molecule has 51 heavy (non-hydrogen) atoms. The van der Waals surface area contributed by atoms with Gasteiger partial charge in [0.1, 0.15) is 17.3 Å². The summed E-state index contributed by atoms with van der Waals surface area (Å²) in [5.41, 5.74) is -6.37. The number of hydrogen-bond donors (Lipinski definition) is 3. The molecule has 0 spiro atoms. The number of Topliss-reactive ketones (excluding diaryl/α,β-unsaturated/α-hetero) is 1. The number of aliphatic hydroxyl groups is 3. The standard InChI is InChI=1S/C38H49NO12/c1-11-20(3)32(42)49-28-22(5)18-38(47)26(28)27(41)23(6)29(50-33(43)21(4)12-2)30(48-24(7)40)31(51-34(44)25-14-13-17-39-19-25)36(8,9)15-16-37(10,46)35(38)45/h11-17,19,22,26-31,41,46-47H,6,18H2,1-5,7-10H3/t22-,26-,27-,28-,29-,30+,31+,37+,38+/m0/s1. The Kier molecular flexibility index (Phi) is 12.7. The summed E-state index contributed by atoms with van der Waals surface area (Å²) in [6.07, 6.45) is -0.614. The lowest BCUT2D eigenvalue weighted by molar-refractivity contribution is -0.181. The Bertz CT molecular complexity index is 1620. The number of ether oxygens (including phenoxy) is 4. The lowest BCUT2D eigenvalue weighted by Gasteiger charge is -2.44. The molecule has 0 bridgehead atoms. The molecular formula is C38H49NO12. The van der Waals surface area contributed by atoms with E-state index >= 15 is 0 Å². The molecule has 0 saturated heterocycles. The van der Waals surface area contributed by atoms with E-state index in [4.69, 9.17) is 18.9 Å². The fourth-order valence-electron chi connectivity index (χ4n) is 6.43. The van der Waals surface area contributed by atoms with Gasteiger partial charge in [0.15, 0.2) is 24.1 Å². The number of nitrogens with zero attached hydrogens (tertiary/aromatic N) is 1. The lowest BCUT2D eigenvalue weighted by atomic mass is 9.71. The van der Waals surface area contributed by atoms with Crippen molar-refractivity contribution < 1.29 is 58.2 Å². The van der Waals surface area contributed by atoms with Crippen molar-refractivity contribution in [2.45, 2.75) is 110 Å². The van der Waals surface area contributed by atoms with Gasteiger partial charge in [-0.1, -0.05) is 45.6 Å². The molecule has 0 unspecified atom stereocenters.